The number of Topliss-reactive ketones (excluding diaryl/α,β-unsaturated/α-hetero) is 1. The van der Waals surface area contributed by atoms with Crippen LogP contribution in [0.3, 0.4) is 0 Å². The Hall–Kier alpha value is -1.97. The number of nitrogens with zero attached hydrogens (tertiary/aromatic N) is 1. The van der Waals surface area contributed by atoms with Crippen LogP contribution in [0.1, 0.15) is 25.8 Å². The second-order valence-electron chi connectivity index (χ2n) is 4.29. The van der Waals surface area contributed by atoms with Gasteiger partial charge in [-0.2, -0.15) is 0 Å². The number of ketones is 1. The van der Waals surface area contributed by atoms with Gasteiger partial charge in [0.1, 0.15) is 5.78 Å². The minimum absolute atomic E-state index is 0.0138. The average molecular weight is 247 g/mol. The van der Waals surface area contributed by atoms with E-state index < -0.39 is 12.0 Å². The molecule has 0 saturated heterocycles. The Morgan fingerprint density at radius 3 is 2.33 bits per heavy atom. The Balaban J connectivity index is 2.78. The molecule has 0 aliphatic heterocycles. The molecular formula is C14H17NO3. The van der Waals surface area contributed by atoms with Crippen molar-refractivity contribution in [2.75, 3.05) is 0 Å². The van der Waals surface area contributed by atoms with Gasteiger partial charge < -0.3 is 5.11 Å². The molecule has 18 heavy (non-hydrogen) atoms. The molecule has 1 atom stereocenters. The first-order valence-electron chi connectivity index (χ1n) is 5.78. The van der Waals surface area contributed by atoms with Gasteiger partial charge in [0.25, 0.3) is 0 Å². The summed E-state index contributed by atoms with van der Waals surface area (Å²) in [6, 6.07) is 8.51. The summed E-state index contributed by atoms with van der Waals surface area (Å²) in [5.74, 6) is -0.984. The minimum atomic E-state index is -0.971. The van der Waals surface area contributed by atoms with Crippen LogP contribution in [0, 0.1) is 0 Å². The molecule has 1 aromatic carbocycles. The van der Waals surface area contributed by atoms with E-state index >= 15 is 0 Å². The van der Waals surface area contributed by atoms with Gasteiger partial charge in [-0.3, -0.25) is 9.79 Å². The van der Waals surface area contributed by atoms with Crippen LogP contribution in [0.5, 0.6) is 0 Å². The molecule has 0 amide bonds. The number of benzene rings is 1. The van der Waals surface area contributed by atoms with Crippen LogP contribution >= 0.6 is 0 Å². The summed E-state index contributed by atoms with van der Waals surface area (Å²) in [5, 5.41) is 9.13. The van der Waals surface area contributed by atoms with Gasteiger partial charge in [0, 0.05) is 18.6 Å². The van der Waals surface area contributed by atoms with Crippen LogP contribution in [0.25, 0.3) is 0 Å². The summed E-state index contributed by atoms with van der Waals surface area (Å²) in [6.45, 7) is 3.15. The molecule has 0 radical (unpaired) electrons. The van der Waals surface area contributed by atoms with Crippen molar-refractivity contribution in [2.45, 2.75) is 32.7 Å². The Labute approximate surface area is 106 Å². The SMILES string of the molecule is CC(=O)CC(C)=N[C@H](Cc1ccccc1)C(=O)O. The minimum Gasteiger partial charge on any atom is -0.480 e. The van der Waals surface area contributed by atoms with Crippen LogP contribution < -0.4 is 0 Å². The molecule has 96 valence electrons. The Morgan fingerprint density at radius 1 is 1.22 bits per heavy atom. The zero-order chi connectivity index (χ0) is 13.5. The first kappa shape index (κ1) is 14.1. The van der Waals surface area contributed by atoms with Crippen LogP contribution in [-0.2, 0) is 16.0 Å². The average Bonchev–Trinajstić information content (AvgIpc) is 2.28. The lowest BCUT2D eigenvalue weighted by molar-refractivity contribution is -0.138. The summed E-state index contributed by atoms with van der Waals surface area (Å²) >= 11 is 0. The van der Waals surface area contributed by atoms with Gasteiger partial charge in [0.15, 0.2) is 6.04 Å². The first-order chi connectivity index (χ1) is 8.49. The third-order valence-electron chi connectivity index (χ3n) is 2.44. The van der Waals surface area contributed by atoms with E-state index in [-0.39, 0.29) is 12.2 Å². The van der Waals surface area contributed by atoms with Crippen molar-refractivity contribution >= 4 is 17.5 Å². The molecule has 0 heterocycles. The number of hydrogen-bond acceptors (Lipinski definition) is 3. The summed E-state index contributed by atoms with van der Waals surface area (Å²) in [7, 11) is 0. The molecule has 4 heteroatoms. The third-order valence-corrected chi connectivity index (χ3v) is 2.44. The highest BCUT2D eigenvalue weighted by Gasteiger charge is 2.17. The molecule has 0 spiro atoms. The van der Waals surface area contributed by atoms with Gasteiger partial charge in [0.05, 0.1) is 0 Å². The Kier molecular flexibility index (Phi) is 5.24. The van der Waals surface area contributed by atoms with Crippen LogP contribution in [-0.4, -0.2) is 28.6 Å². The molecule has 1 N–H and O–H groups in total. The van der Waals surface area contributed by atoms with Crippen molar-refractivity contribution < 1.29 is 14.7 Å². The maximum Gasteiger partial charge on any atom is 0.328 e. The fourth-order valence-corrected chi connectivity index (χ4v) is 1.70. The number of aliphatic imine (C=N–C) groups is 1. The molecule has 0 bridgehead atoms. The van der Waals surface area contributed by atoms with Crippen molar-refractivity contribution in [3.63, 3.8) is 0 Å². The molecule has 4 nitrogen and oxygen atoms in total. The predicted molar refractivity (Wildman–Crippen MR) is 70.0 cm³/mol. The number of carboxylic acids is 1. The van der Waals surface area contributed by atoms with Crippen molar-refractivity contribution in [1.82, 2.24) is 0 Å². The zero-order valence-electron chi connectivity index (χ0n) is 10.6. The molecule has 0 unspecified atom stereocenters. The van der Waals surface area contributed by atoms with Gasteiger partial charge >= 0.3 is 5.97 Å². The van der Waals surface area contributed by atoms with E-state index in [9.17, 15) is 9.59 Å². The van der Waals surface area contributed by atoms with Crippen molar-refractivity contribution in [3.8, 4) is 0 Å². The van der Waals surface area contributed by atoms with Crippen molar-refractivity contribution in [1.29, 1.82) is 0 Å². The van der Waals surface area contributed by atoms with Gasteiger partial charge in [0.2, 0.25) is 0 Å². The summed E-state index contributed by atoms with van der Waals surface area (Å²) in [5.41, 5.74) is 1.48. The van der Waals surface area contributed by atoms with E-state index in [0.717, 1.165) is 5.56 Å². The number of carbonyl (C=O) groups excluding carboxylic acids is 1. The summed E-state index contributed by atoms with van der Waals surface area (Å²) in [4.78, 5) is 26.2. The summed E-state index contributed by atoms with van der Waals surface area (Å²) in [6.07, 6.45) is 0.546. The van der Waals surface area contributed by atoms with Crippen LogP contribution in [0.15, 0.2) is 35.3 Å². The van der Waals surface area contributed by atoms with Gasteiger partial charge in [-0.05, 0) is 19.4 Å². The van der Waals surface area contributed by atoms with Gasteiger partial charge in [-0.1, -0.05) is 30.3 Å². The van der Waals surface area contributed by atoms with E-state index in [1.54, 1.807) is 6.92 Å². The summed E-state index contributed by atoms with van der Waals surface area (Å²) < 4.78 is 0. The van der Waals surface area contributed by atoms with Crippen molar-refractivity contribution in [3.05, 3.63) is 35.9 Å². The first-order valence-corrected chi connectivity index (χ1v) is 5.78. The number of hydrogen-bond donors (Lipinski definition) is 1. The lowest BCUT2D eigenvalue weighted by atomic mass is 10.1. The predicted octanol–water partition coefficient (Wildman–Crippen LogP) is 2.12. The van der Waals surface area contributed by atoms with Crippen molar-refractivity contribution in [2.24, 2.45) is 4.99 Å². The Morgan fingerprint density at radius 2 is 1.83 bits per heavy atom. The van der Waals surface area contributed by atoms with E-state index in [4.69, 9.17) is 5.11 Å². The fraction of sp³-hybridized carbons (Fsp3) is 0.357. The largest absolute Gasteiger partial charge is 0.480 e. The van der Waals surface area contributed by atoms with E-state index in [1.165, 1.54) is 6.92 Å². The molecule has 0 saturated carbocycles. The highest BCUT2D eigenvalue weighted by atomic mass is 16.4. The number of carbonyl (C=O) groups is 2. The van der Waals surface area contributed by atoms with E-state index in [1.807, 2.05) is 30.3 Å². The van der Waals surface area contributed by atoms with E-state index in [2.05, 4.69) is 4.99 Å². The lowest BCUT2D eigenvalue weighted by Crippen LogP contribution is -2.22. The van der Waals surface area contributed by atoms with E-state index in [0.29, 0.717) is 12.1 Å². The molecule has 1 rings (SSSR count). The van der Waals surface area contributed by atoms with Crippen LogP contribution in [0.2, 0.25) is 0 Å². The standard InChI is InChI=1S/C14H17NO3/c1-10(8-11(2)16)15-13(14(17)18)9-12-6-4-3-5-7-12/h3-7,13H,8-9H2,1-2H3,(H,17,18)/t13-/m1/s1. The smallest absolute Gasteiger partial charge is 0.328 e. The quantitative estimate of drug-likeness (QED) is 0.783. The van der Waals surface area contributed by atoms with Crippen LogP contribution in [0.4, 0.5) is 0 Å². The van der Waals surface area contributed by atoms with Gasteiger partial charge in [-0.25, -0.2) is 4.79 Å². The highest BCUT2D eigenvalue weighted by molar-refractivity contribution is 6.00. The molecule has 0 aliphatic rings. The molecular weight excluding hydrogens is 230 g/mol. The highest BCUT2D eigenvalue weighted by Crippen LogP contribution is 2.07. The normalized spacial score (nSPS) is 13.1. The van der Waals surface area contributed by atoms with Gasteiger partial charge in [-0.15, -0.1) is 0 Å². The number of aliphatic carboxylic acids is 1. The molecule has 1 aromatic rings. The number of rotatable bonds is 6. The molecule has 0 aliphatic carbocycles. The monoisotopic (exact) mass is 247 g/mol. The number of carboxylic acid groups (broad SMARTS) is 1. The third kappa shape index (κ3) is 4.91. The molecule has 0 fully saturated rings. The maximum atomic E-state index is 11.1. The Bertz CT molecular complexity index is 451. The second-order valence-corrected chi connectivity index (χ2v) is 4.29. The maximum absolute atomic E-state index is 11.1. The fourth-order valence-electron chi connectivity index (χ4n) is 1.70. The molecule has 0 aromatic heterocycles. The second kappa shape index (κ2) is 6.69. The zero-order valence-corrected chi connectivity index (χ0v) is 10.6. The topological polar surface area (TPSA) is 66.7 Å². The lowest BCUT2D eigenvalue weighted by Gasteiger charge is -2.09.